The summed E-state index contributed by atoms with van der Waals surface area (Å²) in [6.07, 6.45) is 0. The molecule has 0 aliphatic carbocycles. The Labute approximate surface area is 97.5 Å². The van der Waals surface area contributed by atoms with E-state index in [9.17, 15) is 0 Å². The molecule has 3 heteroatoms. The number of thiophene rings is 1. The van der Waals surface area contributed by atoms with Crippen molar-refractivity contribution in [2.24, 2.45) is 0 Å². The summed E-state index contributed by atoms with van der Waals surface area (Å²) in [5.74, 6) is 0. The van der Waals surface area contributed by atoms with Crippen molar-refractivity contribution >= 4 is 22.7 Å². The van der Waals surface area contributed by atoms with Gasteiger partial charge >= 0.3 is 0 Å². The highest BCUT2D eigenvalue weighted by molar-refractivity contribution is 7.09. The van der Waals surface area contributed by atoms with Gasteiger partial charge in [0.25, 0.3) is 0 Å². The number of anilines is 2. The molecule has 0 N–H and O–H groups in total. The lowest BCUT2D eigenvalue weighted by atomic mass is 10.3. The van der Waals surface area contributed by atoms with Gasteiger partial charge in [0.05, 0.1) is 11.4 Å². The first-order valence-electron chi connectivity index (χ1n) is 5.84. The Kier molecular flexibility index (Phi) is 4.95. The highest BCUT2D eigenvalue weighted by Gasteiger charge is 2.13. The van der Waals surface area contributed by atoms with Crippen LogP contribution in [0.5, 0.6) is 0 Å². The molecule has 0 aliphatic heterocycles. The van der Waals surface area contributed by atoms with E-state index >= 15 is 0 Å². The van der Waals surface area contributed by atoms with E-state index in [1.165, 1.54) is 11.4 Å². The van der Waals surface area contributed by atoms with Crippen LogP contribution < -0.4 is 9.80 Å². The van der Waals surface area contributed by atoms with E-state index in [0.29, 0.717) is 0 Å². The van der Waals surface area contributed by atoms with E-state index in [2.05, 4.69) is 48.3 Å². The van der Waals surface area contributed by atoms with Crippen molar-refractivity contribution in [1.29, 1.82) is 0 Å². The van der Waals surface area contributed by atoms with Crippen LogP contribution in [0.25, 0.3) is 0 Å². The molecule has 2 nitrogen and oxygen atoms in total. The topological polar surface area (TPSA) is 6.48 Å². The fourth-order valence-corrected chi connectivity index (χ4v) is 2.75. The normalized spacial score (nSPS) is 10.4. The second kappa shape index (κ2) is 6.01. The quantitative estimate of drug-likeness (QED) is 0.733. The minimum Gasteiger partial charge on any atom is -0.370 e. The second-order valence-electron chi connectivity index (χ2n) is 3.49. The molecule has 0 saturated carbocycles. The molecule has 0 bridgehead atoms. The summed E-state index contributed by atoms with van der Waals surface area (Å²) in [5.41, 5.74) is 2.79. The molecule has 0 saturated heterocycles. The molecule has 0 atom stereocenters. The minimum atomic E-state index is 1.08. The molecule has 0 aromatic carbocycles. The van der Waals surface area contributed by atoms with Crippen molar-refractivity contribution in [1.82, 2.24) is 0 Å². The van der Waals surface area contributed by atoms with Crippen LogP contribution in [-0.2, 0) is 0 Å². The van der Waals surface area contributed by atoms with Crippen molar-refractivity contribution in [2.45, 2.75) is 27.7 Å². The highest BCUT2D eigenvalue weighted by Crippen LogP contribution is 2.33. The largest absolute Gasteiger partial charge is 0.370 e. The maximum absolute atomic E-state index is 2.42. The van der Waals surface area contributed by atoms with Crippen LogP contribution in [0.2, 0.25) is 0 Å². The van der Waals surface area contributed by atoms with Crippen LogP contribution in [-0.4, -0.2) is 26.2 Å². The number of nitrogens with zero attached hydrogens (tertiary/aromatic N) is 2. The van der Waals surface area contributed by atoms with Gasteiger partial charge in [0, 0.05) is 36.9 Å². The summed E-state index contributed by atoms with van der Waals surface area (Å²) in [6, 6.07) is 0. The molecular weight excluding hydrogens is 204 g/mol. The van der Waals surface area contributed by atoms with Gasteiger partial charge in [0.2, 0.25) is 0 Å². The van der Waals surface area contributed by atoms with Crippen LogP contribution >= 0.6 is 11.3 Å². The van der Waals surface area contributed by atoms with Crippen LogP contribution in [0, 0.1) is 0 Å². The number of hydrogen-bond acceptors (Lipinski definition) is 3. The minimum absolute atomic E-state index is 1.08. The van der Waals surface area contributed by atoms with Gasteiger partial charge in [-0.1, -0.05) is 0 Å². The first kappa shape index (κ1) is 12.4. The van der Waals surface area contributed by atoms with Crippen LogP contribution in [0.1, 0.15) is 27.7 Å². The Bertz CT molecular complexity index is 248. The first-order valence-corrected chi connectivity index (χ1v) is 6.78. The lowest BCUT2D eigenvalue weighted by molar-refractivity contribution is 0.837. The monoisotopic (exact) mass is 226 g/mol. The van der Waals surface area contributed by atoms with Gasteiger partial charge in [-0.3, -0.25) is 0 Å². The van der Waals surface area contributed by atoms with Crippen molar-refractivity contribution in [2.75, 3.05) is 36.0 Å². The van der Waals surface area contributed by atoms with Gasteiger partial charge in [0.15, 0.2) is 0 Å². The predicted octanol–water partition coefficient (Wildman–Crippen LogP) is 3.44. The molecule has 15 heavy (non-hydrogen) atoms. The lowest BCUT2D eigenvalue weighted by Crippen LogP contribution is -2.27. The fraction of sp³-hybridized carbons (Fsp3) is 0.667. The lowest BCUT2D eigenvalue weighted by Gasteiger charge is -2.27. The summed E-state index contributed by atoms with van der Waals surface area (Å²) in [5, 5.41) is 4.53. The van der Waals surface area contributed by atoms with Gasteiger partial charge in [-0.05, 0) is 27.7 Å². The highest BCUT2D eigenvalue weighted by atomic mass is 32.1. The predicted molar refractivity (Wildman–Crippen MR) is 71.4 cm³/mol. The molecule has 1 aromatic heterocycles. The zero-order valence-corrected chi connectivity index (χ0v) is 11.1. The third-order valence-corrected chi connectivity index (χ3v) is 3.55. The van der Waals surface area contributed by atoms with Crippen molar-refractivity contribution < 1.29 is 0 Å². The molecule has 1 heterocycles. The van der Waals surface area contributed by atoms with E-state index in [0.717, 1.165) is 26.2 Å². The molecule has 1 rings (SSSR count). The van der Waals surface area contributed by atoms with Gasteiger partial charge < -0.3 is 9.80 Å². The Balaban J connectivity index is 2.93. The molecule has 0 unspecified atom stereocenters. The van der Waals surface area contributed by atoms with E-state index < -0.39 is 0 Å². The summed E-state index contributed by atoms with van der Waals surface area (Å²) in [6.45, 7) is 13.2. The summed E-state index contributed by atoms with van der Waals surface area (Å²) in [7, 11) is 0. The van der Waals surface area contributed by atoms with E-state index in [-0.39, 0.29) is 0 Å². The standard InChI is InChI=1S/C12H22N2S/c1-5-13(6-2)11-9-15-10-12(11)14(7-3)8-4/h9-10H,5-8H2,1-4H3. The van der Waals surface area contributed by atoms with Gasteiger partial charge in [0.1, 0.15) is 0 Å². The van der Waals surface area contributed by atoms with Gasteiger partial charge in [-0.15, -0.1) is 11.3 Å². The average molecular weight is 226 g/mol. The van der Waals surface area contributed by atoms with E-state index in [4.69, 9.17) is 0 Å². The van der Waals surface area contributed by atoms with Crippen LogP contribution in [0.3, 0.4) is 0 Å². The number of rotatable bonds is 6. The van der Waals surface area contributed by atoms with E-state index in [1.807, 2.05) is 0 Å². The Morgan fingerprint density at radius 1 is 0.800 bits per heavy atom. The molecule has 1 aromatic rings. The van der Waals surface area contributed by atoms with Crippen LogP contribution in [0.4, 0.5) is 11.4 Å². The maximum atomic E-state index is 2.42. The SMILES string of the molecule is CCN(CC)c1cscc1N(CC)CC. The third-order valence-electron chi connectivity index (χ3n) is 2.83. The van der Waals surface area contributed by atoms with Gasteiger partial charge in [-0.2, -0.15) is 0 Å². The zero-order chi connectivity index (χ0) is 11.3. The number of hydrogen-bond donors (Lipinski definition) is 0. The molecule has 0 amide bonds. The van der Waals surface area contributed by atoms with Gasteiger partial charge in [-0.25, -0.2) is 0 Å². The summed E-state index contributed by atoms with van der Waals surface area (Å²) >= 11 is 1.80. The van der Waals surface area contributed by atoms with Crippen LogP contribution in [0.15, 0.2) is 10.8 Å². The van der Waals surface area contributed by atoms with Crippen molar-refractivity contribution in [3.05, 3.63) is 10.8 Å². The summed E-state index contributed by atoms with van der Waals surface area (Å²) < 4.78 is 0. The smallest absolute Gasteiger partial charge is 0.0712 e. The fourth-order valence-electron chi connectivity index (χ4n) is 1.89. The van der Waals surface area contributed by atoms with Crippen molar-refractivity contribution in [3.8, 4) is 0 Å². The molecule has 86 valence electrons. The third kappa shape index (κ3) is 2.65. The average Bonchev–Trinajstić information content (AvgIpc) is 2.71. The molecule has 0 radical (unpaired) electrons. The Morgan fingerprint density at radius 2 is 1.13 bits per heavy atom. The Hall–Kier alpha value is -0.700. The molecule has 0 aliphatic rings. The van der Waals surface area contributed by atoms with E-state index in [1.54, 1.807) is 11.3 Å². The summed E-state index contributed by atoms with van der Waals surface area (Å²) in [4.78, 5) is 4.84. The second-order valence-corrected chi connectivity index (χ2v) is 4.23. The first-order chi connectivity index (χ1) is 7.28. The maximum Gasteiger partial charge on any atom is 0.0712 e. The molecule has 0 fully saturated rings. The molecule has 0 spiro atoms. The van der Waals surface area contributed by atoms with Crippen molar-refractivity contribution in [3.63, 3.8) is 0 Å². The Morgan fingerprint density at radius 3 is 1.40 bits per heavy atom. The molecular formula is C12H22N2S. The zero-order valence-electron chi connectivity index (χ0n) is 10.3.